The van der Waals surface area contributed by atoms with Crippen molar-refractivity contribution >= 4 is 45.1 Å². The molecule has 0 atom stereocenters. The number of benzene rings is 1. The van der Waals surface area contributed by atoms with E-state index >= 15 is 0 Å². The fourth-order valence-electron chi connectivity index (χ4n) is 4.32. The van der Waals surface area contributed by atoms with Crippen molar-refractivity contribution in [2.24, 2.45) is 7.05 Å². The van der Waals surface area contributed by atoms with E-state index in [1.807, 2.05) is 45.2 Å². The monoisotopic (exact) mass is 534 g/mol. The van der Waals surface area contributed by atoms with Crippen LogP contribution in [0.1, 0.15) is 68.1 Å². The lowest BCUT2D eigenvalue weighted by Crippen LogP contribution is -2.17. The number of hydrogen-bond donors (Lipinski definition) is 1. The van der Waals surface area contributed by atoms with Crippen molar-refractivity contribution in [1.29, 1.82) is 0 Å². The normalized spacial score (nSPS) is 11.2. The maximum absolute atomic E-state index is 13.8. The number of carbonyl (C=O) groups excluding carboxylic acids is 3. The van der Waals surface area contributed by atoms with Crippen molar-refractivity contribution < 1.29 is 23.9 Å². The van der Waals surface area contributed by atoms with Gasteiger partial charge in [0.05, 0.1) is 40.7 Å². The number of carbonyl (C=O) groups is 3. The molecule has 4 aromatic rings. The Morgan fingerprint density at radius 2 is 1.82 bits per heavy atom. The van der Waals surface area contributed by atoms with Gasteiger partial charge < -0.3 is 14.8 Å². The molecule has 9 nitrogen and oxygen atoms in total. The summed E-state index contributed by atoms with van der Waals surface area (Å²) in [5.74, 6) is -1.63. The molecule has 0 saturated heterocycles. The molecular formula is C28H30N4O5S. The first-order valence-corrected chi connectivity index (χ1v) is 13.1. The lowest BCUT2D eigenvalue weighted by molar-refractivity contribution is 0.0379. The number of nitrogens with zero attached hydrogens (tertiary/aromatic N) is 3. The Morgan fingerprint density at radius 1 is 1.11 bits per heavy atom. The molecule has 3 heterocycles. The van der Waals surface area contributed by atoms with Crippen LogP contribution < -0.4 is 5.32 Å². The van der Waals surface area contributed by atoms with Gasteiger partial charge in [-0.3, -0.25) is 9.48 Å². The van der Waals surface area contributed by atoms with Gasteiger partial charge in [-0.1, -0.05) is 18.2 Å². The van der Waals surface area contributed by atoms with Gasteiger partial charge >= 0.3 is 11.9 Å². The average molecular weight is 535 g/mol. The molecule has 0 aliphatic heterocycles. The maximum atomic E-state index is 13.8. The minimum atomic E-state index is -0.624. The number of nitrogens with one attached hydrogen (secondary N) is 1. The maximum Gasteiger partial charge on any atom is 0.348 e. The van der Waals surface area contributed by atoms with Crippen LogP contribution in [0.15, 0.2) is 30.3 Å². The van der Waals surface area contributed by atoms with Gasteiger partial charge in [0.2, 0.25) is 0 Å². The van der Waals surface area contributed by atoms with E-state index in [0.29, 0.717) is 27.7 Å². The van der Waals surface area contributed by atoms with Crippen LogP contribution in [0.5, 0.6) is 0 Å². The van der Waals surface area contributed by atoms with E-state index in [9.17, 15) is 14.4 Å². The predicted molar refractivity (Wildman–Crippen MR) is 147 cm³/mol. The van der Waals surface area contributed by atoms with Gasteiger partial charge in [-0.25, -0.2) is 14.6 Å². The summed E-state index contributed by atoms with van der Waals surface area (Å²) in [6, 6.07) is 9.09. The average Bonchev–Trinajstić information content (AvgIpc) is 3.31. The van der Waals surface area contributed by atoms with Crippen LogP contribution >= 0.6 is 11.3 Å². The Hall–Kier alpha value is -4.05. The molecule has 1 N–H and O–H groups in total. The van der Waals surface area contributed by atoms with Crippen molar-refractivity contribution in [3.05, 3.63) is 63.3 Å². The van der Waals surface area contributed by atoms with E-state index in [0.717, 1.165) is 28.3 Å². The first kappa shape index (κ1) is 27.0. The minimum absolute atomic E-state index is 0.137. The quantitative estimate of drug-likeness (QED) is 0.306. The molecule has 0 aliphatic rings. The number of aryl methyl sites for hydroxylation is 2. The molecule has 0 unspecified atom stereocenters. The van der Waals surface area contributed by atoms with E-state index < -0.39 is 17.8 Å². The van der Waals surface area contributed by atoms with Crippen LogP contribution in [-0.2, 0) is 16.5 Å². The van der Waals surface area contributed by atoms with Crippen molar-refractivity contribution in [3.8, 4) is 11.3 Å². The zero-order valence-corrected chi connectivity index (χ0v) is 23.3. The number of anilines is 1. The lowest BCUT2D eigenvalue weighted by atomic mass is 10.0. The van der Waals surface area contributed by atoms with Crippen molar-refractivity contribution in [2.75, 3.05) is 11.9 Å². The van der Waals surface area contributed by atoms with Gasteiger partial charge in [0.15, 0.2) is 0 Å². The Labute approximate surface area is 224 Å². The highest BCUT2D eigenvalue weighted by molar-refractivity contribution is 7.18. The third-order valence-corrected chi connectivity index (χ3v) is 7.29. The number of aromatic nitrogens is 3. The SMILES string of the molecule is CCOC(=O)c1sc(NC(=O)c2cc(-c3c(C)nn(C)c3C)nc3ccccc23)c(C(=O)OC(C)C)c1C. The van der Waals surface area contributed by atoms with Gasteiger partial charge in [0.25, 0.3) is 5.91 Å². The molecule has 0 bridgehead atoms. The van der Waals surface area contributed by atoms with E-state index in [-0.39, 0.29) is 28.2 Å². The topological polar surface area (TPSA) is 112 Å². The smallest absolute Gasteiger partial charge is 0.348 e. The Kier molecular flexibility index (Phi) is 7.63. The number of pyridine rings is 1. The summed E-state index contributed by atoms with van der Waals surface area (Å²) in [7, 11) is 1.86. The number of esters is 2. The van der Waals surface area contributed by atoms with Gasteiger partial charge in [0, 0.05) is 23.7 Å². The number of hydrogen-bond acceptors (Lipinski definition) is 8. The minimum Gasteiger partial charge on any atom is -0.462 e. The molecule has 1 amide bonds. The fraction of sp³-hybridized carbons (Fsp3) is 0.321. The van der Waals surface area contributed by atoms with Gasteiger partial charge in [-0.05, 0) is 59.2 Å². The second-order valence-electron chi connectivity index (χ2n) is 9.13. The highest BCUT2D eigenvalue weighted by Crippen LogP contribution is 2.36. The predicted octanol–water partition coefficient (Wildman–Crippen LogP) is 5.62. The summed E-state index contributed by atoms with van der Waals surface area (Å²) in [5, 5.41) is 8.23. The second-order valence-corrected chi connectivity index (χ2v) is 10.2. The van der Waals surface area contributed by atoms with Crippen molar-refractivity contribution in [3.63, 3.8) is 0 Å². The van der Waals surface area contributed by atoms with Crippen molar-refractivity contribution in [1.82, 2.24) is 14.8 Å². The molecular weight excluding hydrogens is 504 g/mol. The molecule has 0 radical (unpaired) electrons. The molecule has 4 rings (SSSR count). The molecule has 0 saturated carbocycles. The molecule has 10 heteroatoms. The number of fused-ring (bicyclic) bond motifs is 1. The molecule has 38 heavy (non-hydrogen) atoms. The number of thiophene rings is 1. The highest BCUT2D eigenvalue weighted by atomic mass is 32.1. The number of ether oxygens (including phenoxy) is 2. The first-order chi connectivity index (χ1) is 18.0. The largest absolute Gasteiger partial charge is 0.462 e. The molecule has 1 aromatic carbocycles. The van der Waals surface area contributed by atoms with E-state index in [1.165, 1.54) is 0 Å². The van der Waals surface area contributed by atoms with Crippen LogP contribution in [0.25, 0.3) is 22.2 Å². The fourth-order valence-corrected chi connectivity index (χ4v) is 5.40. The third kappa shape index (κ3) is 5.04. The highest BCUT2D eigenvalue weighted by Gasteiger charge is 2.29. The first-order valence-electron chi connectivity index (χ1n) is 12.3. The third-order valence-electron chi connectivity index (χ3n) is 6.11. The Balaban J connectivity index is 1.83. The molecule has 0 aliphatic carbocycles. The number of rotatable bonds is 7. The standard InChI is InChI=1S/C28H30N4O5S/c1-8-36-28(35)24-15(4)22(27(34)37-14(2)3)26(38-24)30-25(33)19-13-21(23-16(5)31-32(7)17(23)6)29-20-12-10-9-11-18(19)20/h9-14H,8H2,1-7H3,(H,30,33). The van der Waals surface area contributed by atoms with Crippen molar-refractivity contribution in [2.45, 2.75) is 47.6 Å². The summed E-state index contributed by atoms with van der Waals surface area (Å²) in [6.45, 7) is 10.8. The van der Waals surface area contributed by atoms with Gasteiger partial charge in [-0.2, -0.15) is 5.10 Å². The summed E-state index contributed by atoms with van der Waals surface area (Å²) >= 11 is 0.991. The van der Waals surface area contributed by atoms with E-state index in [4.69, 9.17) is 14.5 Å². The molecule has 0 spiro atoms. The second kappa shape index (κ2) is 10.7. The lowest BCUT2D eigenvalue weighted by Gasteiger charge is -2.12. The van der Waals surface area contributed by atoms with Crippen LogP contribution in [-0.4, -0.2) is 45.3 Å². The van der Waals surface area contributed by atoms with Crippen LogP contribution in [0.3, 0.4) is 0 Å². The zero-order chi connectivity index (χ0) is 27.7. The summed E-state index contributed by atoms with van der Waals surface area (Å²) < 4.78 is 12.4. The van der Waals surface area contributed by atoms with Gasteiger partial charge in [0.1, 0.15) is 9.88 Å². The van der Waals surface area contributed by atoms with Crippen LogP contribution in [0.4, 0.5) is 5.00 Å². The Morgan fingerprint density at radius 3 is 2.45 bits per heavy atom. The number of amides is 1. The zero-order valence-electron chi connectivity index (χ0n) is 22.5. The van der Waals surface area contributed by atoms with Crippen LogP contribution in [0, 0.1) is 20.8 Å². The molecule has 0 fully saturated rings. The summed E-state index contributed by atoms with van der Waals surface area (Å²) in [6.07, 6.45) is -0.381. The van der Waals surface area contributed by atoms with Gasteiger partial charge in [-0.15, -0.1) is 11.3 Å². The number of para-hydroxylation sites is 1. The summed E-state index contributed by atoms with van der Waals surface area (Å²) in [4.78, 5) is 44.4. The van der Waals surface area contributed by atoms with E-state index in [2.05, 4.69) is 10.4 Å². The summed E-state index contributed by atoms with van der Waals surface area (Å²) in [5.41, 5.74) is 4.74. The molecule has 198 valence electrons. The van der Waals surface area contributed by atoms with E-state index in [1.54, 1.807) is 38.4 Å². The Bertz CT molecular complexity index is 1570. The molecule has 3 aromatic heterocycles. The van der Waals surface area contributed by atoms with Crippen LogP contribution in [0.2, 0.25) is 0 Å².